The summed E-state index contributed by atoms with van der Waals surface area (Å²) in [6.45, 7) is 3.67. The molecule has 1 aromatic rings. The maximum absolute atomic E-state index is 12.4. The molecule has 2 unspecified atom stereocenters. The van der Waals surface area contributed by atoms with Crippen LogP contribution in [-0.4, -0.2) is 29.2 Å². The smallest absolute Gasteiger partial charge is 0.306 e. The monoisotopic (exact) mass is 371 g/mol. The number of anilines is 1. The molecule has 4 aliphatic carbocycles. The van der Waals surface area contributed by atoms with Crippen molar-refractivity contribution in [3.05, 3.63) is 29.3 Å². The van der Waals surface area contributed by atoms with Crippen LogP contribution in [0.1, 0.15) is 56.1 Å². The standard InChI is InChI=1S/C22H29NO4/c1-14-3-4-18(15(2)5-14)23-19(24)12-27-20(25)11-21-7-16-6-17(8-21)10-22(26,9-16)13-21/h3-5,16-17,26H,6-13H2,1-2H3,(H,23,24)/t16-,17+,21?,22?. The highest BCUT2D eigenvalue weighted by atomic mass is 16.5. The van der Waals surface area contributed by atoms with Gasteiger partial charge in [-0.2, -0.15) is 0 Å². The first kappa shape index (κ1) is 18.5. The first-order valence-electron chi connectivity index (χ1n) is 9.99. The molecular weight excluding hydrogens is 342 g/mol. The molecular formula is C22H29NO4. The van der Waals surface area contributed by atoms with Crippen molar-refractivity contribution in [1.82, 2.24) is 0 Å². The van der Waals surface area contributed by atoms with Crippen molar-refractivity contribution in [3.63, 3.8) is 0 Å². The summed E-state index contributed by atoms with van der Waals surface area (Å²) in [6, 6.07) is 5.80. The van der Waals surface area contributed by atoms with Gasteiger partial charge < -0.3 is 15.2 Å². The SMILES string of the molecule is Cc1ccc(NC(=O)COC(=O)CC23C[C@@H]4C[C@@H](CC(O)(C4)C2)C3)c(C)c1. The number of nitrogens with one attached hydrogen (secondary N) is 1. The number of aryl methyl sites for hydroxylation is 2. The van der Waals surface area contributed by atoms with E-state index in [0.717, 1.165) is 42.5 Å². The summed E-state index contributed by atoms with van der Waals surface area (Å²) < 4.78 is 5.28. The Kier molecular flexibility index (Phi) is 4.53. The lowest BCUT2D eigenvalue weighted by atomic mass is 9.47. The molecule has 2 N–H and O–H groups in total. The number of rotatable bonds is 5. The first-order chi connectivity index (χ1) is 12.7. The van der Waals surface area contributed by atoms with Gasteiger partial charge in [-0.15, -0.1) is 0 Å². The number of carbonyl (C=O) groups is 2. The number of aliphatic hydroxyl groups is 1. The third-order valence-electron chi connectivity index (χ3n) is 6.69. The van der Waals surface area contributed by atoms with Gasteiger partial charge in [0.05, 0.1) is 12.0 Å². The van der Waals surface area contributed by atoms with Gasteiger partial charge in [0.25, 0.3) is 5.91 Å². The summed E-state index contributed by atoms with van der Waals surface area (Å²) >= 11 is 0. The van der Waals surface area contributed by atoms with E-state index >= 15 is 0 Å². The average molecular weight is 371 g/mol. The van der Waals surface area contributed by atoms with E-state index in [9.17, 15) is 14.7 Å². The van der Waals surface area contributed by atoms with Crippen LogP contribution in [0.3, 0.4) is 0 Å². The van der Waals surface area contributed by atoms with Gasteiger partial charge in [-0.1, -0.05) is 17.7 Å². The van der Waals surface area contributed by atoms with Crippen LogP contribution >= 0.6 is 0 Å². The lowest BCUT2D eigenvalue weighted by Gasteiger charge is -2.60. The van der Waals surface area contributed by atoms with Gasteiger partial charge in [0.1, 0.15) is 0 Å². The zero-order valence-corrected chi connectivity index (χ0v) is 16.2. The highest BCUT2D eigenvalue weighted by Gasteiger charge is 2.57. The minimum Gasteiger partial charge on any atom is -0.456 e. The number of ether oxygens (including phenoxy) is 1. The molecule has 1 aromatic carbocycles. The van der Waals surface area contributed by atoms with E-state index in [1.165, 1.54) is 6.42 Å². The van der Waals surface area contributed by atoms with Gasteiger partial charge in [0.15, 0.2) is 6.61 Å². The summed E-state index contributed by atoms with van der Waals surface area (Å²) in [5.74, 6) is 0.435. The molecule has 0 radical (unpaired) electrons. The predicted molar refractivity (Wildman–Crippen MR) is 102 cm³/mol. The molecule has 4 atom stereocenters. The van der Waals surface area contributed by atoms with E-state index in [4.69, 9.17) is 4.74 Å². The van der Waals surface area contributed by atoms with Crippen molar-refractivity contribution >= 4 is 17.6 Å². The van der Waals surface area contributed by atoms with Gasteiger partial charge in [0, 0.05) is 5.69 Å². The Morgan fingerprint density at radius 2 is 1.89 bits per heavy atom. The van der Waals surface area contributed by atoms with E-state index in [2.05, 4.69) is 5.32 Å². The maximum atomic E-state index is 12.4. The Labute approximate surface area is 160 Å². The second-order valence-corrected chi connectivity index (χ2v) is 9.39. The maximum Gasteiger partial charge on any atom is 0.306 e. The first-order valence-corrected chi connectivity index (χ1v) is 9.99. The Balaban J connectivity index is 1.30. The van der Waals surface area contributed by atoms with Gasteiger partial charge >= 0.3 is 5.97 Å². The van der Waals surface area contributed by atoms with Crippen molar-refractivity contribution in [2.75, 3.05) is 11.9 Å². The molecule has 4 bridgehead atoms. The number of esters is 1. The molecule has 27 heavy (non-hydrogen) atoms. The van der Waals surface area contributed by atoms with Crippen LogP contribution in [0.25, 0.3) is 0 Å². The fourth-order valence-corrected chi connectivity index (χ4v) is 6.25. The summed E-state index contributed by atoms with van der Waals surface area (Å²) in [4.78, 5) is 24.6. The zero-order valence-electron chi connectivity index (χ0n) is 16.2. The highest BCUT2D eigenvalue weighted by molar-refractivity contribution is 5.93. The van der Waals surface area contributed by atoms with Crippen molar-refractivity contribution < 1.29 is 19.4 Å². The molecule has 0 spiro atoms. The van der Waals surface area contributed by atoms with Gasteiger partial charge in [-0.05, 0) is 81.3 Å². The Morgan fingerprint density at radius 3 is 2.52 bits per heavy atom. The Hall–Kier alpha value is -1.88. The fraction of sp³-hybridized carbons (Fsp3) is 0.636. The molecule has 5 rings (SSSR count). The van der Waals surface area contributed by atoms with E-state index in [-0.39, 0.29) is 23.9 Å². The summed E-state index contributed by atoms with van der Waals surface area (Å²) in [7, 11) is 0. The van der Waals surface area contributed by atoms with E-state index in [1.807, 2.05) is 32.0 Å². The minimum absolute atomic E-state index is 0.125. The lowest BCUT2D eigenvalue weighted by molar-refractivity contribution is -0.177. The van der Waals surface area contributed by atoms with Crippen LogP contribution in [0, 0.1) is 31.1 Å². The normalized spacial score (nSPS) is 33.7. The second kappa shape index (κ2) is 6.62. The highest BCUT2D eigenvalue weighted by Crippen LogP contribution is 2.62. The summed E-state index contributed by atoms with van der Waals surface area (Å²) in [5, 5.41) is 13.6. The van der Waals surface area contributed by atoms with Crippen LogP contribution in [0.4, 0.5) is 5.69 Å². The van der Waals surface area contributed by atoms with Crippen molar-refractivity contribution in [2.45, 2.75) is 64.4 Å². The Morgan fingerprint density at radius 1 is 1.19 bits per heavy atom. The molecule has 5 heteroatoms. The summed E-state index contributed by atoms with van der Waals surface area (Å²) in [5.41, 5.74) is 2.15. The average Bonchev–Trinajstić information content (AvgIpc) is 2.53. The van der Waals surface area contributed by atoms with E-state index in [1.54, 1.807) is 0 Å². The number of benzene rings is 1. The van der Waals surface area contributed by atoms with Crippen LogP contribution < -0.4 is 5.32 Å². The number of hydrogen-bond donors (Lipinski definition) is 2. The van der Waals surface area contributed by atoms with Gasteiger partial charge in [0.2, 0.25) is 0 Å². The second-order valence-electron chi connectivity index (χ2n) is 9.39. The van der Waals surface area contributed by atoms with Gasteiger partial charge in [-0.3, -0.25) is 9.59 Å². The summed E-state index contributed by atoms with van der Waals surface area (Å²) in [6.07, 6.45) is 6.01. The van der Waals surface area contributed by atoms with Crippen LogP contribution in [0.15, 0.2) is 18.2 Å². The number of amides is 1. The number of hydrogen-bond acceptors (Lipinski definition) is 4. The molecule has 0 aromatic heterocycles. The molecule has 5 nitrogen and oxygen atoms in total. The molecule has 4 saturated carbocycles. The van der Waals surface area contributed by atoms with E-state index in [0.29, 0.717) is 24.7 Å². The largest absolute Gasteiger partial charge is 0.456 e. The van der Waals surface area contributed by atoms with Crippen molar-refractivity contribution in [3.8, 4) is 0 Å². The number of carbonyl (C=O) groups excluding carboxylic acids is 2. The Bertz CT molecular complexity index is 758. The molecule has 1 amide bonds. The molecule has 4 aliphatic rings. The molecule has 0 heterocycles. The van der Waals surface area contributed by atoms with Crippen molar-refractivity contribution in [2.24, 2.45) is 17.3 Å². The van der Waals surface area contributed by atoms with Crippen LogP contribution in [0.5, 0.6) is 0 Å². The molecule has 146 valence electrons. The van der Waals surface area contributed by atoms with Crippen molar-refractivity contribution in [1.29, 1.82) is 0 Å². The molecule has 4 fully saturated rings. The fourth-order valence-electron chi connectivity index (χ4n) is 6.25. The minimum atomic E-state index is -0.579. The van der Waals surface area contributed by atoms with Crippen LogP contribution in [-0.2, 0) is 14.3 Å². The topological polar surface area (TPSA) is 75.6 Å². The third kappa shape index (κ3) is 3.88. The van der Waals surface area contributed by atoms with Gasteiger partial charge in [-0.25, -0.2) is 0 Å². The quantitative estimate of drug-likeness (QED) is 0.777. The molecule has 0 saturated heterocycles. The molecule has 0 aliphatic heterocycles. The lowest BCUT2D eigenvalue weighted by Crippen LogP contribution is -2.56. The zero-order chi connectivity index (χ0) is 19.2. The third-order valence-corrected chi connectivity index (χ3v) is 6.69. The predicted octanol–water partition coefficient (Wildman–Crippen LogP) is 3.51. The van der Waals surface area contributed by atoms with Crippen LogP contribution in [0.2, 0.25) is 0 Å². The van der Waals surface area contributed by atoms with E-state index < -0.39 is 5.60 Å².